The summed E-state index contributed by atoms with van der Waals surface area (Å²) in [6, 6.07) is 5.06. The third-order valence-corrected chi connectivity index (χ3v) is 5.32. The largest absolute Gasteiger partial charge is 0.444 e. The highest BCUT2D eigenvalue weighted by Crippen LogP contribution is 2.26. The maximum atomic E-state index is 13.4. The lowest BCUT2D eigenvalue weighted by Crippen LogP contribution is -2.49. The lowest BCUT2D eigenvalue weighted by molar-refractivity contribution is -0.140. The summed E-state index contributed by atoms with van der Waals surface area (Å²) in [5.41, 5.74) is 2.18. The van der Waals surface area contributed by atoms with Crippen LogP contribution in [0.15, 0.2) is 18.2 Å². The Balaban J connectivity index is 3.22. The Labute approximate surface area is 206 Å². The molecule has 3 amide bonds. The molecule has 1 atom stereocenters. The van der Waals surface area contributed by atoms with Gasteiger partial charge in [-0.15, -0.1) is 0 Å². The van der Waals surface area contributed by atoms with E-state index in [-0.39, 0.29) is 24.4 Å². The van der Waals surface area contributed by atoms with Crippen LogP contribution in [-0.4, -0.2) is 47.5 Å². The molecule has 0 spiro atoms. The van der Waals surface area contributed by atoms with Gasteiger partial charge in [0.2, 0.25) is 11.8 Å². The highest BCUT2D eigenvalue weighted by molar-refractivity contribution is 5.90. The van der Waals surface area contributed by atoms with E-state index in [4.69, 9.17) is 4.74 Å². The number of ether oxygens (including phenoxy) is 1. The summed E-state index contributed by atoms with van der Waals surface area (Å²) >= 11 is 0. The second-order valence-corrected chi connectivity index (χ2v) is 10.3. The molecule has 1 rings (SSSR count). The number of alkyl carbamates (subject to hydrolysis) is 1. The van der Waals surface area contributed by atoms with E-state index in [9.17, 15) is 14.4 Å². The Morgan fingerprint density at radius 1 is 1.03 bits per heavy atom. The number of hydrogen-bond donors (Lipinski definition) is 2. The zero-order chi connectivity index (χ0) is 25.9. The van der Waals surface area contributed by atoms with Gasteiger partial charge >= 0.3 is 6.09 Å². The van der Waals surface area contributed by atoms with Gasteiger partial charge in [0.1, 0.15) is 18.2 Å². The highest BCUT2D eigenvalue weighted by atomic mass is 16.6. The van der Waals surface area contributed by atoms with E-state index < -0.39 is 17.7 Å². The van der Waals surface area contributed by atoms with Crippen molar-refractivity contribution < 1.29 is 19.1 Å². The number of hydrogen-bond acceptors (Lipinski definition) is 4. The zero-order valence-electron chi connectivity index (χ0n) is 22.4. The van der Waals surface area contributed by atoms with Gasteiger partial charge in [0.15, 0.2) is 0 Å². The summed E-state index contributed by atoms with van der Waals surface area (Å²) in [5.74, 6) is -0.536. The summed E-state index contributed by atoms with van der Waals surface area (Å²) < 4.78 is 5.27. The molecule has 2 N–H and O–H groups in total. The van der Waals surface area contributed by atoms with Crippen LogP contribution >= 0.6 is 0 Å². The SMILES string of the molecule is CCCCCCCN(C(=O)CNC(=O)OC(C)(C)C)C(C(=O)NC(C)C)c1ccc(C)cc1C. The highest BCUT2D eigenvalue weighted by Gasteiger charge is 2.32. The molecule has 192 valence electrons. The molecule has 0 saturated heterocycles. The van der Waals surface area contributed by atoms with Crippen LogP contribution in [0.3, 0.4) is 0 Å². The van der Waals surface area contributed by atoms with Crippen molar-refractivity contribution in [1.82, 2.24) is 15.5 Å². The minimum Gasteiger partial charge on any atom is -0.444 e. The molecule has 1 unspecified atom stereocenters. The molecule has 0 aliphatic heterocycles. The average Bonchev–Trinajstić information content (AvgIpc) is 2.70. The summed E-state index contributed by atoms with van der Waals surface area (Å²) in [4.78, 5) is 40.5. The van der Waals surface area contributed by atoms with Crippen LogP contribution in [0, 0.1) is 13.8 Å². The molecule has 0 aliphatic carbocycles. The van der Waals surface area contributed by atoms with Crippen LogP contribution in [0.5, 0.6) is 0 Å². The first kappa shape index (κ1) is 29.5. The van der Waals surface area contributed by atoms with Crippen molar-refractivity contribution >= 4 is 17.9 Å². The smallest absolute Gasteiger partial charge is 0.408 e. The molecule has 0 heterocycles. The van der Waals surface area contributed by atoms with E-state index in [1.165, 1.54) is 0 Å². The number of unbranched alkanes of at least 4 members (excludes halogenated alkanes) is 4. The topological polar surface area (TPSA) is 87.7 Å². The first-order valence-electron chi connectivity index (χ1n) is 12.5. The third kappa shape index (κ3) is 10.6. The van der Waals surface area contributed by atoms with E-state index in [1.807, 2.05) is 45.9 Å². The van der Waals surface area contributed by atoms with Gasteiger partial charge < -0.3 is 20.3 Å². The monoisotopic (exact) mass is 475 g/mol. The molecule has 7 heteroatoms. The number of carbonyl (C=O) groups is 3. The molecular weight excluding hydrogens is 430 g/mol. The molecule has 7 nitrogen and oxygen atoms in total. The van der Waals surface area contributed by atoms with Gasteiger partial charge in [-0.2, -0.15) is 0 Å². The maximum Gasteiger partial charge on any atom is 0.408 e. The van der Waals surface area contributed by atoms with E-state index in [0.29, 0.717) is 6.54 Å². The van der Waals surface area contributed by atoms with E-state index >= 15 is 0 Å². The van der Waals surface area contributed by atoms with Crippen molar-refractivity contribution in [2.45, 2.75) is 105 Å². The summed E-state index contributed by atoms with van der Waals surface area (Å²) in [6.07, 6.45) is 4.46. The fraction of sp³-hybridized carbons (Fsp3) is 0.667. The lowest BCUT2D eigenvalue weighted by Gasteiger charge is -2.33. The Kier molecular flexibility index (Phi) is 12.1. The fourth-order valence-electron chi connectivity index (χ4n) is 3.79. The van der Waals surface area contributed by atoms with Crippen LogP contribution < -0.4 is 10.6 Å². The summed E-state index contributed by atoms with van der Waals surface area (Å²) in [7, 11) is 0. The van der Waals surface area contributed by atoms with Crippen molar-refractivity contribution in [3.8, 4) is 0 Å². The third-order valence-electron chi connectivity index (χ3n) is 5.32. The standard InChI is InChI=1S/C27H45N3O4/c1-9-10-11-12-13-16-30(23(31)18-28-26(33)34-27(6,7)8)24(25(32)29-19(2)3)22-15-14-20(4)17-21(22)5/h14-15,17,19,24H,9-13,16,18H2,1-8H3,(H,28,33)(H,29,32). The number of benzene rings is 1. The predicted octanol–water partition coefficient (Wildman–Crippen LogP) is 5.19. The van der Waals surface area contributed by atoms with Gasteiger partial charge in [-0.1, -0.05) is 56.4 Å². The Morgan fingerprint density at radius 2 is 1.68 bits per heavy atom. The average molecular weight is 476 g/mol. The molecule has 1 aromatic rings. The second-order valence-electron chi connectivity index (χ2n) is 10.3. The normalized spacial score (nSPS) is 12.3. The molecule has 0 aliphatic rings. The molecule has 34 heavy (non-hydrogen) atoms. The number of nitrogens with one attached hydrogen (secondary N) is 2. The number of amides is 3. The second kappa shape index (κ2) is 14.0. The number of carbonyl (C=O) groups excluding carboxylic acids is 3. The van der Waals surface area contributed by atoms with E-state index in [2.05, 4.69) is 17.6 Å². The fourth-order valence-corrected chi connectivity index (χ4v) is 3.79. The zero-order valence-corrected chi connectivity index (χ0v) is 22.4. The molecule has 1 aromatic carbocycles. The van der Waals surface area contributed by atoms with E-state index in [1.54, 1.807) is 25.7 Å². The van der Waals surface area contributed by atoms with Crippen LogP contribution in [-0.2, 0) is 14.3 Å². The van der Waals surface area contributed by atoms with Gasteiger partial charge in [-0.3, -0.25) is 9.59 Å². The molecule has 0 saturated carbocycles. The van der Waals surface area contributed by atoms with Crippen LogP contribution in [0.4, 0.5) is 4.79 Å². The van der Waals surface area contributed by atoms with Gasteiger partial charge in [0, 0.05) is 12.6 Å². The minimum atomic E-state index is -0.776. The number of aryl methyl sites for hydroxylation is 2. The molecule has 0 bridgehead atoms. The van der Waals surface area contributed by atoms with Crippen molar-refractivity contribution in [1.29, 1.82) is 0 Å². The quantitative estimate of drug-likeness (QED) is 0.407. The van der Waals surface area contributed by atoms with Crippen molar-refractivity contribution in [2.24, 2.45) is 0 Å². The van der Waals surface area contributed by atoms with Crippen LogP contribution in [0.2, 0.25) is 0 Å². The lowest BCUT2D eigenvalue weighted by atomic mass is 9.96. The minimum absolute atomic E-state index is 0.0675. The van der Waals surface area contributed by atoms with Crippen LogP contribution in [0.1, 0.15) is 96.4 Å². The Bertz CT molecular complexity index is 815. The van der Waals surface area contributed by atoms with Crippen LogP contribution in [0.25, 0.3) is 0 Å². The molecule has 0 aromatic heterocycles. The maximum absolute atomic E-state index is 13.4. The Hall–Kier alpha value is -2.57. The summed E-state index contributed by atoms with van der Waals surface area (Å²) in [5, 5.41) is 5.54. The Morgan fingerprint density at radius 3 is 2.24 bits per heavy atom. The number of rotatable bonds is 12. The summed E-state index contributed by atoms with van der Waals surface area (Å²) in [6.45, 7) is 15.4. The number of nitrogens with zero attached hydrogens (tertiary/aromatic N) is 1. The van der Waals surface area contributed by atoms with Crippen molar-refractivity contribution in [2.75, 3.05) is 13.1 Å². The van der Waals surface area contributed by atoms with Gasteiger partial charge in [0.25, 0.3) is 0 Å². The van der Waals surface area contributed by atoms with Gasteiger partial charge in [-0.25, -0.2) is 4.79 Å². The first-order valence-corrected chi connectivity index (χ1v) is 12.5. The first-order chi connectivity index (χ1) is 15.9. The van der Waals surface area contributed by atoms with Crippen molar-refractivity contribution in [3.05, 3.63) is 34.9 Å². The molecular formula is C27H45N3O4. The van der Waals surface area contributed by atoms with Crippen molar-refractivity contribution in [3.63, 3.8) is 0 Å². The van der Waals surface area contributed by atoms with Gasteiger partial charge in [-0.05, 0) is 66.0 Å². The predicted molar refractivity (Wildman–Crippen MR) is 137 cm³/mol. The molecule has 0 radical (unpaired) electrons. The van der Waals surface area contributed by atoms with E-state index in [0.717, 1.165) is 48.8 Å². The van der Waals surface area contributed by atoms with Gasteiger partial charge in [0.05, 0.1) is 0 Å². The molecule has 0 fully saturated rings.